The lowest BCUT2D eigenvalue weighted by molar-refractivity contribution is 0.171. The molecule has 1 unspecified atom stereocenters. The van der Waals surface area contributed by atoms with E-state index in [1.807, 2.05) is 23.6 Å². The topological polar surface area (TPSA) is 45.2 Å². The lowest BCUT2D eigenvalue weighted by Gasteiger charge is -2.32. The summed E-state index contributed by atoms with van der Waals surface area (Å²) in [4.78, 5) is 18.6. The average Bonchev–Trinajstić information content (AvgIpc) is 2.90. The van der Waals surface area contributed by atoms with Crippen molar-refractivity contribution in [1.29, 1.82) is 0 Å². The first-order valence-electron chi connectivity index (χ1n) is 7.61. The third-order valence-corrected chi connectivity index (χ3v) is 5.55. The molecule has 2 rings (SSSR count). The van der Waals surface area contributed by atoms with Gasteiger partial charge in [-0.2, -0.15) is 11.8 Å². The largest absolute Gasteiger partial charge is 0.338 e. The molecule has 1 N–H and O–H groups in total. The lowest BCUT2D eigenvalue weighted by Crippen LogP contribution is -2.46. The highest BCUT2D eigenvalue weighted by Crippen LogP contribution is 2.19. The molecule has 0 aromatic carbocycles. The molecule has 118 valence electrons. The van der Waals surface area contributed by atoms with Gasteiger partial charge in [-0.15, -0.1) is 11.3 Å². The standard InChI is InChI=1S/C15H25N3OS2/c1-12-10-21-14(17-12)6-3-7-16-15(19)18-8-4-5-13(9-18)11-20-2/h10,13H,3-9,11H2,1-2H3,(H,16,19). The second-order valence-corrected chi connectivity index (χ2v) is 7.48. The zero-order valence-corrected chi connectivity index (χ0v) is 14.6. The Morgan fingerprint density at radius 1 is 1.62 bits per heavy atom. The van der Waals surface area contributed by atoms with Crippen LogP contribution in [-0.2, 0) is 6.42 Å². The molecule has 0 aliphatic carbocycles. The molecule has 1 aliphatic rings. The van der Waals surface area contributed by atoms with Crippen molar-refractivity contribution >= 4 is 29.1 Å². The highest BCUT2D eigenvalue weighted by Gasteiger charge is 2.22. The Morgan fingerprint density at radius 3 is 3.19 bits per heavy atom. The Bertz CT molecular complexity index is 448. The second-order valence-electron chi connectivity index (χ2n) is 5.63. The summed E-state index contributed by atoms with van der Waals surface area (Å²) >= 11 is 3.58. The van der Waals surface area contributed by atoms with Gasteiger partial charge < -0.3 is 10.2 Å². The number of thiazole rings is 1. The maximum Gasteiger partial charge on any atom is 0.317 e. The zero-order valence-electron chi connectivity index (χ0n) is 12.9. The molecule has 1 saturated heterocycles. The second kappa shape index (κ2) is 8.63. The van der Waals surface area contributed by atoms with Gasteiger partial charge in [-0.25, -0.2) is 9.78 Å². The molecular weight excluding hydrogens is 302 g/mol. The lowest BCUT2D eigenvalue weighted by atomic mass is 10.0. The fraction of sp³-hybridized carbons (Fsp3) is 0.733. The molecule has 0 radical (unpaired) electrons. The number of hydrogen-bond acceptors (Lipinski definition) is 4. The summed E-state index contributed by atoms with van der Waals surface area (Å²) in [5, 5.41) is 6.29. The van der Waals surface area contributed by atoms with Crippen LogP contribution >= 0.6 is 23.1 Å². The Kier molecular flexibility index (Phi) is 6.83. The summed E-state index contributed by atoms with van der Waals surface area (Å²) < 4.78 is 0. The van der Waals surface area contributed by atoms with Crippen LogP contribution in [0.25, 0.3) is 0 Å². The predicted octanol–water partition coefficient (Wildman–Crippen LogP) is 3.17. The Labute approximate surface area is 135 Å². The Morgan fingerprint density at radius 2 is 2.48 bits per heavy atom. The third kappa shape index (κ3) is 5.51. The summed E-state index contributed by atoms with van der Waals surface area (Å²) in [7, 11) is 0. The van der Waals surface area contributed by atoms with E-state index in [0.29, 0.717) is 5.92 Å². The molecule has 4 nitrogen and oxygen atoms in total. The van der Waals surface area contributed by atoms with Gasteiger partial charge in [0.2, 0.25) is 0 Å². The molecule has 1 aliphatic heterocycles. The van der Waals surface area contributed by atoms with Gasteiger partial charge in [-0.05, 0) is 44.1 Å². The van der Waals surface area contributed by atoms with Crippen molar-refractivity contribution < 1.29 is 4.79 Å². The van der Waals surface area contributed by atoms with Crippen LogP contribution in [0.4, 0.5) is 4.79 Å². The number of amides is 2. The fourth-order valence-corrected chi connectivity index (χ4v) is 4.25. The number of thioether (sulfide) groups is 1. The maximum absolute atomic E-state index is 12.2. The molecule has 2 heterocycles. The van der Waals surface area contributed by atoms with Crippen molar-refractivity contribution in [3.05, 3.63) is 16.1 Å². The van der Waals surface area contributed by atoms with E-state index in [2.05, 4.69) is 21.9 Å². The highest BCUT2D eigenvalue weighted by atomic mass is 32.2. The van der Waals surface area contributed by atoms with Crippen LogP contribution in [0.5, 0.6) is 0 Å². The number of carbonyl (C=O) groups is 1. The normalized spacial score (nSPS) is 18.8. The number of likely N-dealkylation sites (tertiary alicyclic amines) is 1. The van der Waals surface area contributed by atoms with Crippen LogP contribution in [0.2, 0.25) is 0 Å². The van der Waals surface area contributed by atoms with Gasteiger partial charge >= 0.3 is 6.03 Å². The van der Waals surface area contributed by atoms with E-state index in [1.54, 1.807) is 11.3 Å². The van der Waals surface area contributed by atoms with Gasteiger partial charge in [-0.3, -0.25) is 0 Å². The van der Waals surface area contributed by atoms with E-state index >= 15 is 0 Å². The number of nitrogens with one attached hydrogen (secondary N) is 1. The Hall–Kier alpha value is -0.750. The van der Waals surface area contributed by atoms with Crippen molar-refractivity contribution in [3.63, 3.8) is 0 Å². The van der Waals surface area contributed by atoms with Crippen LogP contribution in [0.1, 0.15) is 30.0 Å². The average molecular weight is 328 g/mol. The van der Waals surface area contributed by atoms with Crippen LogP contribution in [0.3, 0.4) is 0 Å². The van der Waals surface area contributed by atoms with Crippen LogP contribution in [-0.4, -0.2) is 47.6 Å². The van der Waals surface area contributed by atoms with E-state index in [4.69, 9.17) is 0 Å². The van der Waals surface area contributed by atoms with E-state index in [9.17, 15) is 4.79 Å². The van der Waals surface area contributed by atoms with E-state index in [0.717, 1.165) is 50.3 Å². The minimum absolute atomic E-state index is 0.108. The molecule has 2 amide bonds. The van der Waals surface area contributed by atoms with Gasteiger partial charge in [0.1, 0.15) is 0 Å². The van der Waals surface area contributed by atoms with Crippen molar-refractivity contribution in [2.45, 2.75) is 32.6 Å². The van der Waals surface area contributed by atoms with Crippen LogP contribution in [0, 0.1) is 12.8 Å². The van der Waals surface area contributed by atoms with Crippen LogP contribution < -0.4 is 5.32 Å². The molecule has 0 spiro atoms. The molecule has 0 saturated carbocycles. The minimum Gasteiger partial charge on any atom is -0.338 e. The summed E-state index contributed by atoms with van der Waals surface area (Å²) in [5.74, 6) is 1.82. The first-order valence-corrected chi connectivity index (χ1v) is 9.89. The SMILES string of the molecule is CSCC1CCCN(C(=O)NCCCc2nc(C)cs2)C1. The van der Waals surface area contributed by atoms with Gasteiger partial charge in [-0.1, -0.05) is 0 Å². The van der Waals surface area contributed by atoms with Gasteiger partial charge in [0.05, 0.1) is 5.01 Å². The van der Waals surface area contributed by atoms with E-state index in [1.165, 1.54) is 11.4 Å². The zero-order chi connectivity index (χ0) is 15.1. The molecule has 6 heteroatoms. The number of urea groups is 1. The fourth-order valence-electron chi connectivity index (χ4n) is 2.69. The van der Waals surface area contributed by atoms with Crippen molar-refractivity contribution in [3.8, 4) is 0 Å². The summed E-state index contributed by atoms with van der Waals surface area (Å²) in [5.41, 5.74) is 1.09. The monoisotopic (exact) mass is 327 g/mol. The predicted molar refractivity (Wildman–Crippen MR) is 91.2 cm³/mol. The van der Waals surface area contributed by atoms with Crippen molar-refractivity contribution in [2.24, 2.45) is 5.92 Å². The van der Waals surface area contributed by atoms with E-state index in [-0.39, 0.29) is 6.03 Å². The summed E-state index contributed by atoms with van der Waals surface area (Å²) in [6, 6.07) is 0.108. The van der Waals surface area contributed by atoms with Gasteiger partial charge in [0, 0.05) is 37.1 Å². The Balaban J connectivity index is 1.64. The first-order chi connectivity index (χ1) is 10.2. The molecular formula is C15H25N3OS2. The number of nitrogens with zero attached hydrogens (tertiary/aromatic N) is 2. The number of aromatic nitrogens is 1. The van der Waals surface area contributed by atoms with Crippen molar-refractivity contribution in [1.82, 2.24) is 15.2 Å². The molecule has 1 atom stereocenters. The first kappa shape index (κ1) is 16.6. The summed E-state index contributed by atoms with van der Waals surface area (Å²) in [6.07, 6.45) is 6.44. The number of rotatable bonds is 6. The third-order valence-electron chi connectivity index (χ3n) is 3.72. The maximum atomic E-state index is 12.2. The van der Waals surface area contributed by atoms with Crippen LogP contribution in [0.15, 0.2) is 5.38 Å². The summed E-state index contributed by atoms with van der Waals surface area (Å²) in [6.45, 7) is 4.57. The molecule has 21 heavy (non-hydrogen) atoms. The molecule has 1 fully saturated rings. The molecule has 1 aromatic heterocycles. The number of hydrogen-bond donors (Lipinski definition) is 1. The smallest absolute Gasteiger partial charge is 0.317 e. The number of aryl methyl sites for hydroxylation is 2. The number of piperidine rings is 1. The van der Waals surface area contributed by atoms with Crippen molar-refractivity contribution in [2.75, 3.05) is 31.6 Å². The van der Waals surface area contributed by atoms with Gasteiger partial charge in [0.25, 0.3) is 0 Å². The highest BCUT2D eigenvalue weighted by molar-refractivity contribution is 7.98. The minimum atomic E-state index is 0.108. The van der Waals surface area contributed by atoms with Gasteiger partial charge in [0.15, 0.2) is 0 Å². The molecule has 0 bridgehead atoms. The number of carbonyl (C=O) groups excluding carboxylic acids is 1. The van der Waals surface area contributed by atoms with E-state index < -0.39 is 0 Å². The molecule has 1 aromatic rings. The quantitative estimate of drug-likeness (QED) is 0.816.